The van der Waals surface area contributed by atoms with Crippen molar-refractivity contribution in [3.63, 3.8) is 0 Å². The molecule has 0 unspecified atom stereocenters. The van der Waals surface area contributed by atoms with Crippen molar-refractivity contribution in [1.82, 2.24) is 14.9 Å². The summed E-state index contributed by atoms with van der Waals surface area (Å²) in [5.74, 6) is -1.15. The van der Waals surface area contributed by atoms with Crippen LogP contribution in [0.1, 0.15) is 12.0 Å². The van der Waals surface area contributed by atoms with Crippen molar-refractivity contribution >= 4 is 39.8 Å². The Morgan fingerprint density at radius 2 is 2.04 bits per heavy atom. The topological polar surface area (TPSA) is 59.0 Å². The fourth-order valence-corrected chi connectivity index (χ4v) is 4.16. The van der Waals surface area contributed by atoms with Crippen LogP contribution >= 0.6 is 23.2 Å². The molecule has 0 radical (unpaired) electrons. The molecule has 5 nitrogen and oxygen atoms in total. The first-order chi connectivity index (χ1) is 13.3. The number of nitrogens with zero attached hydrogens (tertiary/aromatic N) is 2. The smallest absolute Gasteiger partial charge is 0.261 e. The zero-order valence-electron chi connectivity index (χ0n) is 14.8. The van der Waals surface area contributed by atoms with Gasteiger partial charge in [-0.25, -0.2) is 13.8 Å². The number of fused-ring (bicyclic) bond motifs is 1. The average molecular weight is 425 g/mol. The Labute approximate surface area is 169 Å². The molecule has 1 atom stereocenters. The lowest BCUT2D eigenvalue weighted by atomic mass is 9.87. The number of hydrogen-bond donors (Lipinski definition) is 2. The van der Waals surface area contributed by atoms with Gasteiger partial charge in [0, 0.05) is 24.8 Å². The monoisotopic (exact) mass is 424 g/mol. The molecular formula is C19H16Cl2F2N4O. The fraction of sp³-hybridized carbons (Fsp3) is 0.263. The average Bonchev–Trinajstić information content (AvgIpc) is 3.11. The van der Waals surface area contributed by atoms with Gasteiger partial charge < -0.3 is 15.2 Å². The van der Waals surface area contributed by atoms with Gasteiger partial charge in [-0.3, -0.25) is 4.79 Å². The van der Waals surface area contributed by atoms with Gasteiger partial charge in [-0.15, -0.1) is 0 Å². The first kappa shape index (κ1) is 19.1. The number of anilines is 1. The van der Waals surface area contributed by atoms with Crippen molar-refractivity contribution in [2.45, 2.75) is 12.0 Å². The summed E-state index contributed by atoms with van der Waals surface area (Å²) in [6.45, 7) is 0.962. The lowest BCUT2D eigenvalue weighted by molar-refractivity contribution is 0.495. The van der Waals surface area contributed by atoms with Crippen LogP contribution in [-0.2, 0) is 12.6 Å². The maximum atomic E-state index is 14.7. The van der Waals surface area contributed by atoms with E-state index in [4.69, 9.17) is 23.2 Å². The summed E-state index contributed by atoms with van der Waals surface area (Å²) in [6, 6.07) is 5.41. The zero-order chi connectivity index (χ0) is 20.1. The molecule has 0 spiro atoms. The maximum Gasteiger partial charge on any atom is 0.261 e. The molecule has 1 aromatic heterocycles. The number of halogens is 4. The van der Waals surface area contributed by atoms with Crippen LogP contribution < -0.4 is 16.2 Å². The summed E-state index contributed by atoms with van der Waals surface area (Å²) in [4.78, 5) is 16.4. The lowest BCUT2D eigenvalue weighted by Gasteiger charge is -2.33. The first-order valence-electron chi connectivity index (χ1n) is 8.60. The second-order valence-electron chi connectivity index (χ2n) is 6.87. The third-order valence-electron chi connectivity index (χ3n) is 5.04. The fourth-order valence-electron chi connectivity index (χ4n) is 3.67. The SMILES string of the molecule is Cn1cnc2c(F)cc(N[C@@]3(c4c(F)ccc(Cl)c4Cl)CCNC3)cc2c1=O. The number of aromatic nitrogens is 2. The standard InChI is InChI=1S/C19H16Cl2F2N4O/c1-27-9-25-17-11(18(27)28)6-10(7-14(17)23)26-19(4-5-24-8-19)15-13(22)3-2-12(20)16(15)21/h2-3,6-7,9,24,26H,4-5,8H2,1H3/t19-/m0/s1. The van der Waals surface area contributed by atoms with Gasteiger partial charge in [0.1, 0.15) is 11.3 Å². The Morgan fingerprint density at radius 3 is 2.75 bits per heavy atom. The van der Waals surface area contributed by atoms with Crippen molar-refractivity contribution < 1.29 is 8.78 Å². The van der Waals surface area contributed by atoms with Gasteiger partial charge >= 0.3 is 0 Å². The van der Waals surface area contributed by atoms with E-state index in [-0.39, 0.29) is 32.1 Å². The molecule has 0 bridgehead atoms. The molecule has 9 heteroatoms. The highest BCUT2D eigenvalue weighted by molar-refractivity contribution is 6.42. The molecule has 0 aliphatic carbocycles. The van der Waals surface area contributed by atoms with E-state index in [1.165, 1.54) is 42.2 Å². The van der Waals surface area contributed by atoms with Crippen LogP contribution in [0.5, 0.6) is 0 Å². The molecule has 0 saturated carbocycles. The van der Waals surface area contributed by atoms with Gasteiger partial charge in [0.25, 0.3) is 5.56 Å². The molecule has 1 fully saturated rings. The first-order valence-corrected chi connectivity index (χ1v) is 9.36. The Kier molecular flexibility index (Phi) is 4.77. The van der Waals surface area contributed by atoms with E-state index in [1.807, 2.05) is 0 Å². The van der Waals surface area contributed by atoms with Crippen molar-refractivity contribution in [2.75, 3.05) is 18.4 Å². The molecule has 2 N–H and O–H groups in total. The van der Waals surface area contributed by atoms with E-state index in [1.54, 1.807) is 0 Å². The van der Waals surface area contributed by atoms with E-state index in [0.29, 0.717) is 25.2 Å². The summed E-state index contributed by atoms with van der Waals surface area (Å²) in [7, 11) is 1.54. The second kappa shape index (κ2) is 6.99. The number of benzene rings is 2. The Hall–Kier alpha value is -2.22. The van der Waals surface area contributed by atoms with Crippen molar-refractivity contribution in [3.8, 4) is 0 Å². The number of hydrogen-bond acceptors (Lipinski definition) is 4. The maximum absolute atomic E-state index is 14.7. The van der Waals surface area contributed by atoms with E-state index >= 15 is 0 Å². The molecule has 3 aromatic rings. The van der Waals surface area contributed by atoms with Crippen LogP contribution in [0, 0.1) is 11.6 Å². The molecule has 2 aromatic carbocycles. The molecule has 28 heavy (non-hydrogen) atoms. The molecule has 1 aliphatic heterocycles. The molecule has 0 amide bonds. The zero-order valence-corrected chi connectivity index (χ0v) is 16.3. The van der Waals surface area contributed by atoms with Crippen LogP contribution in [0.25, 0.3) is 10.9 Å². The normalized spacial score (nSPS) is 19.3. The highest BCUT2D eigenvalue weighted by Crippen LogP contribution is 2.41. The van der Waals surface area contributed by atoms with Crippen LogP contribution in [-0.4, -0.2) is 22.6 Å². The molecule has 2 heterocycles. The van der Waals surface area contributed by atoms with Crippen LogP contribution in [0.4, 0.5) is 14.5 Å². The predicted octanol–water partition coefficient (Wildman–Crippen LogP) is 3.82. The second-order valence-corrected chi connectivity index (χ2v) is 7.65. The van der Waals surface area contributed by atoms with Crippen LogP contribution in [0.15, 0.2) is 35.4 Å². The van der Waals surface area contributed by atoms with E-state index in [0.717, 1.165) is 0 Å². The van der Waals surface area contributed by atoms with Gasteiger partial charge in [0.05, 0.1) is 27.3 Å². The van der Waals surface area contributed by atoms with Crippen molar-refractivity contribution in [1.29, 1.82) is 0 Å². The predicted molar refractivity (Wildman–Crippen MR) is 106 cm³/mol. The Balaban J connectivity index is 1.88. The van der Waals surface area contributed by atoms with Gasteiger partial charge in [0.15, 0.2) is 5.82 Å². The van der Waals surface area contributed by atoms with E-state index in [9.17, 15) is 13.6 Å². The number of nitrogens with one attached hydrogen (secondary N) is 2. The van der Waals surface area contributed by atoms with E-state index < -0.39 is 17.2 Å². The van der Waals surface area contributed by atoms with Crippen molar-refractivity contribution in [3.05, 3.63) is 68.2 Å². The molecular weight excluding hydrogens is 409 g/mol. The minimum Gasteiger partial charge on any atom is -0.374 e. The largest absolute Gasteiger partial charge is 0.374 e. The summed E-state index contributed by atoms with van der Waals surface area (Å²) >= 11 is 12.4. The summed E-state index contributed by atoms with van der Waals surface area (Å²) < 4.78 is 30.6. The Bertz CT molecular complexity index is 1140. The minimum atomic E-state index is -0.945. The molecule has 1 aliphatic rings. The number of rotatable bonds is 3. The Morgan fingerprint density at radius 1 is 1.25 bits per heavy atom. The third kappa shape index (κ3) is 3.03. The quantitative estimate of drug-likeness (QED) is 0.627. The summed E-state index contributed by atoms with van der Waals surface area (Å²) in [5.41, 5.74) is -0.794. The number of aryl methyl sites for hydroxylation is 1. The highest BCUT2D eigenvalue weighted by atomic mass is 35.5. The van der Waals surface area contributed by atoms with E-state index in [2.05, 4.69) is 15.6 Å². The summed E-state index contributed by atoms with van der Waals surface area (Å²) in [6.07, 6.45) is 1.76. The highest BCUT2D eigenvalue weighted by Gasteiger charge is 2.40. The molecule has 4 rings (SSSR count). The van der Waals surface area contributed by atoms with Gasteiger partial charge in [0.2, 0.25) is 0 Å². The lowest BCUT2D eigenvalue weighted by Crippen LogP contribution is -2.39. The third-order valence-corrected chi connectivity index (χ3v) is 5.84. The van der Waals surface area contributed by atoms with Gasteiger partial charge in [-0.1, -0.05) is 23.2 Å². The van der Waals surface area contributed by atoms with Crippen molar-refractivity contribution in [2.24, 2.45) is 7.05 Å². The van der Waals surface area contributed by atoms with Gasteiger partial charge in [-0.05, 0) is 37.2 Å². The van der Waals surface area contributed by atoms with Crippen LogP contribution in [0.2, 0.25) is 10.0 Å². The van der Waals surface area contributed by atoms with Gasteiger partial charge in [-0.2, -0.15) is 0 Å². The van der Waals surface area contributed by atoms with Crippen LogP contribution in [0.3, 0.4) is 0 Å². The summed E-state index contributed by atoms with van der Waals surface area (Å²) in [5, 5.41) is 6.84. The molecule has 146 valence electrons. The minimum absolute atomic E-state index is 0.0146. The molecule has 1 saturated heterocycles.